The molecular formula is C66H69BN2. The summed E-state index contributed by atoms with van der Waals surface area (Å²) in [7, 11) is 0. The van der Waals surface area contributed by atoms with E-state index >= 15 is 0 Å². The van der Waals surface area contributed by atoms with Crippen molar-refractivity contribution in [1.82, 2.24) is 0 Å². The van der Waals surface area contributed by atoms with Gasteiger partial charge in [0.05, 0.1) is 5.54 Å². The number of anilines is 4. The topological polar surface area (TPSA) is 6.48 Å². The van der Waals surface area contributed by atoms with Crippen molar-refractivity contribution >= 4 is 40.5 Å². The lowest BCUT2D eigenvalue weighted by molar-refractivity contribution is 0.195. The zero-order valence-electron chi connectivity index (χ0n) is 43.3. The summed E-state index contributed by atoms with van der Waals surface area (Å²) in [4.78, 5) is 5.77. The van der Waals surface area contributed by atoms with Crippen molar-refractivity contribution < 1.29 is 0 Å². The molecule has 2 unspecified atom stereocenters. The summed E-state index contributed by atoms with van der Waals surface area (Å²) in [5, 5.41) is 0. The van der Waals surface area contributed by atoms with Gasteiger partial charge in [-0.25, -0.2) is 0 Å². The van der Waals surface area contributed by atoms with Crippen LogP contribution in [0.5, 0.6) is 0 Å². The number of nitrogens with zero attached hydrogens (tertiary/aromatic N) is 2. The van der Waals surface area contributed by atoms with Crippen LogP contribution < -0.4 is 20.6 Å². The minimum atomic E-state index is -0.167. The first-order valence-corrected chi connectivity index (χ1v) is 26.3. The predicted octanol–water partition coefficient (Wildman–Crippen LogP) is 16.3. The lowest BCUT2D eigenvalue weighted by atomic mass is 9.42. The maximum Gasteiger partial charge on any atom is 0.333 e. The SMILES string of the molecule is Cc1cc2c3c(c1)N1c4c(cc(C(C)(C)C)cc4C4(C)CCCCC14C)B3N(c1ccc(-c3ccccc3)cc1-c1ccccc1)c1ccc3c(c1-2)-c1cc2c(cc1C3(C)C)C(C)(C)CCC2(C)C. The average molecular weight is 901 g/mol. The van der Waals surface area contributed by atoms with E-state index in [4.69, 9.17) is 0 Å². The van der Waals surface area contributed by atoms with Gasteiger partial charge >= 0.3 is 6.85 Å². The van der Waals surface area contributed by atoms with E-state index in [-0.39, 0.29) is 39.5 Å². The highest BCUT2D eigenvalue weighted by atomic mass is 15.3. The zero-order chi connectivity index (χ0) is 47.9. The van der Waals surface area contributed by atoms with Gasteiger partial charge in [0.15, 0.2) is 0 Å². The van der Waals surface area contributed by atoms with Crippen LogP contribution in [0.1, 0.15) is 154 Å². The number of hydrogen-bond acceptors (Lipinski definition) is 2. The summed E-state index contributed by atoms with van der Waals surface area (Å²) in [6, 6.07) is 50.5. The summed E-state index contributed by atoms with van der Waals surface area (Å²) < 4.78 is 0. The van der Waals surface area contributed by atoms with E-state index in [1.165, 1.54) is 145 Å². The van der Waals surface area contributed by atoms with Gasteiger partial charge in [-0.1, -0.05) is 179 Å². The Morgan fingerprint density at radius 1 is 0.493 bits per heavy atom. The van der Waals surface area contributed by atoms with E-state index in [1.807, 2.05) is 0 Å². The van der Waals surface area contributed by atoms with Crippen molar-refractivity contribution in [1.29, 1.82) is 0 Å². The summed E-state index contributed by atoms with van der Waals surface area (Å²) in [5.41, 5.74) is 29.4. The molecule has 0 radical (unpaired) electrons. The second kappa shape index (κ2) is 14.0. The Kier molecular flexibility index (Phi) is 8.75. The lowest BCUT2D eigenvalue weighted by Gasteiger charge is -2.53. The third-order valence-electron chi connectivity index (χ3n) is 19.2. The molecular weight excluding hydrogens is 832 g/mol. The maximum absolute atomic E-state index is 2.92. The van der Waals surface area contributed by atoms with Crippen LogP contribution in [-0.2, 0) is 27.1 Å². The molecule has 3 heterocycles. The largest absolute Gasteiger partial charge is 0.376 e. The Bertz CT molecular complexity index is 3350. The maximum atomic E-state index is 2.92. The first kappa shape index (κ1) is 43.2. The molecule has 1 fully saturated rings. The summed E-state index contributed by atoms with van der Waals surface area (Å²) in [6.07, 6.45) is 7.33. The van der Waals surface area contributed by atoms with Gasteiger partial charge in [0, 0.05) is 44.7 Å². The highest BCUT2D eigenvalue weighted by Crippen LogP contribution is 2.65. The molecule has 0 amide bonds. The number of aryl methyl sites for hydroxylation is 1. The molecule has 13 rings (SSSR count). The number of benzene rings is 7. The fourth-order valence-corrected chi connectivity index (χ4v) is 14.9. The molecule has 2 atom stereocenters. The van der Waals surface area contributed by atoms with Gasteiger partial charge in [0.25, 0.3) is 0 Å². The summed E-state index contributed by atoms with van der Waals surface area (Å²) in [6.45, 7) is 29.8. The van der Waals surface area contributed by atoms with E-state index in [2.05, 4.69) is 220 Å². The molecule has 3 aliphatic heterocycles. The van der Waals surface area contributed by atoms with Gasteiger partial charge in [-0.3, -0.25) is 0 Å². The van der Waals surface area contributed by atoms with Crippen molar-refractivity contribution in [3.05, 3.63) is 166 Å². The quantitative estimate of drug-likeness (QED) is 0.163. The van der Waals surface area contributed by atoms with Crippen LogP contribution in [0.25, 0.3) is 44.5 Å². The molecule has 69 heavy (non-hydrogen) atoms. The molecule has 1 saturated carbocycles. The van der Waals surface area contributed by atoms with E-state index in [9.17, 15) is 0 Å². The van der Waals surface area contributed by atoms with Crippen molar-refractivity contribution in [2.24, 2.45) is 0 Å². The Hall–Kier alpha value is -5.80. The molecule has 3 heteroatoms. The minimum absolute atomic E-state index is 0.00874. The monoisotopic (exact) mass is 901 g/mol. The Balaban J connectivity index is 1.19. The summed E-state index contributed by atoms with van der Waals surface area (Å²) >= 11 is 0. The van der Waals surface area contributed by atoms with Crippen molar-refractivity contribution in [3.63, 3.8) is 0 Å². The fraction of sp³-hybridized carbons (Fsp3) is 0.364. The number of rotatable bonds is 3. The molecule has 3 aliphatic carbocycles. The zero-order valence-corrected chi connectivity index (χ0v) is 43.3. The van der Waals surface area contributed by atoms with Crippen molar-refractivity contribution in [3.8, 4) is 44.5 Å². The molecule has 2 nitrogen and oxygen atoms in total. The Labute approximate surface area is 413 Å². The average Bonchev–Trinajstić information content (AvgIpc) is 3.68. The van der Waals surface area contributed by atoms with Gasteiger partial charge in [-0.05, 0) is 169 Å². The Morgan fingerprint density at radius 3 is 1.84 bits per heavy atom. The van der Waals surface area contributed by atoms with Crippen LogP contribution in [0, 0.1) is 6.92 Å². The van der Waals surface area contributed by atoms with E-state index in [1.54, 1.807) is 11.1 Å². The van der Waals surface area contributed by atoms with Crippen LogP contribution in [0.15, 0.2) is 127 Å². The third kappa shape index (κ3) is 5.68. The van der Waals surface area contributed by atoms with Crippen LogP contribution in [0.3, 0.4) is 0 Å². The molecule has 0 bridgehead atoms. The lowest BCUT2D eigenvalue weighted by Crippen LogP contribution is -2.65. The number of hydrogen-bond donors (Lipinski definition) is 0. The molecule has 346 valence electrons. The highest BCUT2D eigenvalue weighted by molar-refractivity contribution is 6.93. The standard InChI is InChI=1S/C66H69BN2/c1-40-33-47-58-55(28-26-48-57(58)46-38-50-51(39-49(46)64(48,9)10)63(7,8)32-31-62(50,5)6)69(54-27-25-43(41-21-15-13-16-22-41)35-45(54)42-23-17-14-18-24-42)67-53-37-44(61(2,3)4)36-52-60(53)68(56(34-40)59(47)67)66(12)30-20-19-29-65(52,66)11/h13-18,21-28,33-39H,19-20,29-32H2,1-12H3. The van der Waals surface area contributed by atoms with Crippen molar-refractivity contribution in [2.45, 2.75) is 154 Å². The second-order valence-corrected chi connectivity index (χ2v) is 25.6. The van der Waals surface area contributed by atoms with E-state index in [0.29, 0.717) is 0 Å². The van der Waals surface area contributed by atoms with Gasteiger partial charge in [-0.15, -0.1) is 0 Å². The minimum Gasteiger partial charge on any atom is -0.376 e. The van der Waals surface area contributed by atoms with E-state index in [0.717, 1.165) is 0 Å². The van der Waals surface area contributed by atoms with Crippen LogP contribution in [0.4, 0.5) is 22.7 Å². The highest BCUT2D eigenvalue weighted by Gasteiger charge is 2.62. The van der Waals surface area contributed by atoms with Gasteiger partial charge in [-0.2, -0.15) is 0 Å². The fourth-order valence-electron chi connectivity index (χ4n) is 14.9. The summed E-state index contributed by atoms with van der Waals surface area (Å²) in [5.74, 6) is 0. The van der Waals surface area contributed by atoms with Gasteiger partial charge in [0.2, 0.25) is 0 Å². The molecule has 7 aromatic rings. The molecule has 0 spiro atoms. The van der Waals surface area contributed by atoms with Crippen LogP contribution in [0.2, 0.25) is 0 Å². The smallest absolute Gasteiger partial charge is 0.333 e. The molecule has 0 aromatic heterocycles. The predicted molar refractivity (Wildman–Crippen MR) is 295 cm³/mol. The van der Waals surface area contributed by atoms with Gasteiger partial charge in [0.1, 0.15) is 0 Å². The molecule has 6 aliphatic rings. The first-order valence-electron chi connectivity index (χ1n) is 26.3. The van der Waals surface area contributed by atoms with Crippen molar-refractivity contribution in [2.75, 3.05) is 9.71 Å². The number of fused-ring (bicyclic) bond motifs is 12. The Morgan fingerprint density at radius 2 is 1.14 bits per heavy atom. The third-order valence-corrected chi connectivity index (χ3v) is 19.2. The van der Waals surface area contributed by atoms with Gasteiger partial charge < -0.3 is 9.71 Å². The van der Waals surface area contributed by atoms with Crippen LogP contribution >= 0.6 is 0 Å². The first-order chi connectivity index (χ1) is 32.7. The molecule has 7 aromatic carbocycles. The van der Waals surface area contributed by atoms with Crippen LogP contribution in [-0.4, -0.2) is 12.4 Å². The molecule has 0 N–H and O–H groups in total. The van der Waals surface area contributed by atoms with E-state index < -0.39 is 0 Å². The normalized spacial score (nSPS) is 22.5. The second-order valence-electron chi connectivity index (χ2n) is 25.6. The molecule has 0 saturated heterocycles.